The smallest absolute Gasteiger partial charge is 0.303 e. The molecule has 0 aromatic heterocycles. The molecule has 1 aliphatic heterocycles. The molecule has 0 aromatic rings. The standard InChI is InChI=1S/C11H17NO4S/c1-3-4-5-9(16-8(2)13)10(14)12-6-7-15-11(12)17/h9H,3-7H2,1-2H3. The first-order valence-electron chi connectivity index (χ1n) is 5.71. The van der Waals surface area contributed by atoms with E-state index in [1.165, 1.54) is 11.8 Å². The van der Waals surface area contributed by atoms with Gasteiger partial charge in [0.25, 0.3) is 11.1 Å². The summed E-state index contributed by atoms with van der Waals surface area (Å²) in [7, 11) is 0. The van der Waals surface area contributed by atoms with Gasteiger partial charge < -0.3 is 9.47 Å². The molecule has 96 valence electrons. The molecule has 17 heavy (non-hydrogen) atoms. The number of esters is 1. The van der Waals surface area contributed by atoms with Crippen molar-refractivity contribution in [2.75, 3.05) is 13.2 Å². The summed E-state index contributed by atoms with van der Waals surface area (Å²) in [5.41, 5.74) is 0. The molecule has 6 heteroatoms. The molecule has 1 fully saturated rings. The molecule has 1 atom stereocenters. The normalized spacial score (nSPS) is 16.6. The van der Waals surface area contributed by atoms with Crippen molar-refractivity contribution in [3.05, 3.63) is 0 Å². The predicted octanol–water partition coefficient (Wildman–Crippen LogP) is 1.25. The zero-order valence-corrected chi connectivity index (χ0v) is 10.9. The Morgan fingerprint density at radius 3 is 2.76 bits per heavy atom. The van der Waals surface area contributed by atoms with Crippen molar-refractivity contribution in [3.63, 3.8) is 0 Å². The Hall–Kier alpha value is -1.17. The lowest BCUT2D eigenvalue weighted by molar-refractivity contribution is -0.157. The largest absolute Gasteiger partial charge is 0.469 e. The summed E-state index contributed by atoms with van der Waals surface area (Å²) in [5.74, 6) is -0.735. The number of carbonyl (C=O) groups is 2. The van der Waals surface area contributed by atoms with E-state index < -0.39 is 12.1 Å². The monoisotopic (exact) mass is 259 g/mol. The maximum Gasteiger partial charge on any atom is 0.303 e. The highest BCUT2D eigenvalue weighted by molar-refractivity contribution is 7.80. The summed E-state index contributed by atoms with van der Waals surface area (Å²) in [6, 6.07) is 0. The molecule has 0 N–H and O–H groups in total. The Kier molecular flexibility index (Phi) is 5.34. The maximum absolute atomic E-state index is 12.1. The van der Waals surface area contributed by atoms with Gasteiger partial charge in [-0.25, -0.2) is 0 Å². The van der Waals surface area contributed by atoms with Crippen molar-refractivity contribution in [1.29, 1.82) is 0 Å². The topological polar surface area (TPSA) is 55.8 Å². The van der Waals surface area contributed by atoms with Gasteiger partial charge in [-0.3, -0.25) is 14.5 Å². The lowest BCUT2D eigenvalue weighted by Crippen LogP contribution is -2.41. The van der Waals surface area contributed by atoms with Crippen LogP contribution in [0.1, 0.15) is 33.1 Å². The first-order valence-corrected chi connectivity index (χ1v) is 6.12. The summed E-state index contributed by atoms with van der Waals surface area (Å²) < 4.78 is 10.1. The minimum Gasteiger partial charge on any atom is -0.469 e. The van der Waals surface area contributed by atoms with E-state index in [2.05, 4.69) is 0 Å². The summed E-state index contributed by atoms with van der Waals surface area (Å²) in [6.07, 6.45) is 1.54. The fraction of sp³-hybridized carbons (Fsp3) is 0.727. The number of nitrogens with zero attached hydrogens (tertiary/aromatic N) is 1. The van der Waals surface area contributed by atoms with Crippen LogP contribution in [-0.2, 0) is 19.1 Å². The molecule has 1 aliphatic rings. The molecule has 1 heterocycles. The molecule has 5 nitrogen and oxygen atoms in total. The predicted molar refractivity (Wildman–Crippen MR) is 65.3 cm³/mol. The van der Waals surface area contributed by atoms with Gasteiger partial charge in [0, 0.05) is 6.92 Å². The van der Waals surface area contributed by atoms with Gasteiger partial charge in [-0.1, -0.05) is 13.3 Å². The van der Waals surface area contributed by atoms with Gasteiger partial charge in [-0.05, 0) is 25.1 Å². The van der Waals surface area contributed by atoms with Crippen LogP contribution in [0.2, 0.25) is 0 Å². The number of carbonyl (C=O) groups excluding carboxylic acids is 2. The van der Waals surface area contributed by atoms with Gasteiger partial charge in [-0.2, -0.15) is 0 Å². The Balaban J connectivity index is 2.63. The third-order valence-electron chi connectivity index (χ3n) is 2.43. The SMILES string of the molecule is CCCCC(OC(C)=O)C(=O)N1CCOC1=S. The van der Waals surface area contributed by atoms with Crippen molar-refractivity contribution in [2.45, 2.75) is 39.2 Å². The Labute approximate surface area is 106 Å². The molecule has 1 amide bonds. The van der Waals surface area contributed by atoms with Crippen molar-refractivity contribution in [1.82, 2.24) is 4.90 Å². The third kappa shape index (κ3) is 3.96. The Morgan fingerprint density at radius 2 is 2.29 bits per heavy atom. The van der Waals surface area contributed by atoms with E-state index >= 15 is 0 Å². The number of hydrogen-bond donors (Lipinski definition) is 0. The molecule has 0 aromatic carbocycles. The number of amides is 1. The zero-order valence-electron chi connectivity index (χ0n) is 10.1. The van der Waals surface area contributed by atoms with Crippen LogP contribution in [-0.4, -0.2) is 41.2 Å². The molecular weight excluding hydrogens is 242 g/mol. The fourth-order valence-electron chi connectivity index (χ4n) is 1.59. The molecule has 0 spiro atoms. The number of rotatable bonds is 5. The van der Waals surface area contributed by atoms with E-state index in [1.807, 2.05) is 6.92 Å². The maximum atomic E-state index is 12.1. The van der Waals surface area contributed by atoms with Crippen molar-refractivity contribution < 1.29 is 19.1 Å². The second kappa shape index (κ2) is 6.54. The van der Waals surface area contributed by atoms with Crippen LogP contribution in [0.25, 0.3) is 0 Å². The van der Waals surface area contributed by atoms with E-state index in [0.717, 1.165) is 12.8 Å². The molecule has 0 radical (unpaired) electrons. The van der Waals surface area contributed by atoms with Crippen LogP contribution >= 0.6 is 12.2 Å². The number of hydrogen-bond acceptors (Lipinski definition) is 5. The molecular formula is C11H17NO4S. The van der Waals surface area contributed by atoms with Crippen LogP contribution in [0.5, 0.6) is 0 Å². The second-order valence-corrected chi connectivity index (χ2v) is 4.19. The van der Waals surface area contributed by atoms with Crippen LogP contribution in [0.3, 0.4) is 0 Å². The molecule has 0 bridgehead atoms. The van der Waals surface area contributed by atoms with Gasteiger partial charge in [0.15, 0.2) is 6.10 Å². The van der Waals surface area contributed by atoms with E-state index in [-0.39, 0.29) is 11.1 Å². The summed E-state index contributed by atoms with van der Waals surface area (Å²) >= 11 is 4.90. The molecule has 0 aliphatic carbocycles. The zero-order chi connectivity index (χ0) is 12.8. The number of thiocarbonyl (C=S) groups is 1. The fourth-order valence-corrected chi connectivity index (χ4v) is 1.85. The summed E-state index contributed by atoms with van der Waals surface area (Å²) in [5, 5.41) is 0.170. The van der Waals surface area contributed by atoms with Crippen LogP contribution in [0.4, 0.5) is 0 Å². The van der Waals surface area contributed by atoms with Gasteiger partial charge in [0.2, 0.25) is 0 Å². The van der Waals surface area contributed by atoms with Crippen molar-refractivity contribution in [2.24, 2.45) is 0 Å². The van der Waals surface area contributed by atoms with Gasteiger partial charge in [0.05, 0.1) is 6.54 Å². The van der Waals surface area contributed by atoms with Crippen molar-refractivity contribution in [3.8, 4) is 0 Å². The molecule has 0 saturated carbocycles. The van der Waals surface area contributed by atoms with Crippen LogP contribution in [0.15, 0.2) is 0 Å². The quantitative estimate of drug-likeness (QED) is 0.549. The summed E-state index contributed by atoms with van der Waals surface area (Å²) in [6.45, 7) is 4.15. The lowest BCUT2D eigenvalue weighted by atomic mass is 10.1. The highest BCUT2D eigenvalue weighted by atomic mass is 32.1. The van der Waals surface area contributed by atoms with E-state index in [0.29, 0.717) is 19.6 Å². The summed E-state index contributed by atoms with van der Waals surface area (Å²) in [4.78, 5) is 24.4. The minimum atomic E-state index is -0.743. The first-order chi connectivity index (χ1) is 8.06. The average Bonchev–Trinajstić information content (AvgIpc) is 2.69. The average molecular weight is 259 g/mol. The highest BCUT2D eigenvalue weighted by Gasteiger charge is 2.32. The Morgan fingerprint density at radius 1 is 1.59 bits per heavy atom. The molecule has 1 saturated heterocycles. The van der Waals surface area contributed by atoms with Crippen LogP contribution in [0, 0.1) is 0 Å². The first kappa shape index (κ1) is 13.9. The number of ether oxygens (including phenoxy) is 2. The van der Waals surface area contributed by atoms with E-state index in [4.69, 9.17) is 21.7 Å². The highest BCUT2D eigenvalue weighted by Crippen LogP contribution is 2.13. The lowest BCUT2D eigenvalue weighted by Gasteiger charge is -2.20. The second-order valence-electron chi connectivity index (χ2n) is 3.84. The van der Waals surface area contributed by atoms with Crippen molar-refractivity contribution >= 4 is 29.3 Å². The van der Waals surface area contributed by atoms with Gasteiger partial charge >= 0.3 is 5.97 Å². The van der Waals surface area contributed by atoms with Gasteiger partial charge in [-0.15, -0.1) is 0 Å². The van der Waals surface area contributed by atoms with Gasteiger partial charge in [0.1, 0.15) is 6.61 Å². The molecule has 1 unspecified atom stereocenters. The van der Waals surface area contributed by atoms with E-state index in [1.54, 1.807) is 0 Å². The Bertz CT molecular complexity index is 319. The number of unbranched alkanes of at least 4 members (excludes halogenated alkanes) is 1. The molecule has 1 rings (SSSR count). The third-order valence-corrected chi connectivity index (χ3v) is 2.77. The van der Waals surface area contributed by atoms with Crippen LogP contribution < -0.4 is 0 Å². The van der Waals surface area contributed by atoms with E-state index in [9.17, 15) is 9.59 Å². The minimum absolute atomic E-state index is 0.170.